The number of carbonyl (C=O) groups excluding carboxylic acids is 1. The second kappa shape index (κ2) is 3.28. The van der Waals surface area contributed by atoms with Crippen molar-refractivity contribution in [3.05, 3.63) is 12.2 Å². The van der Waals surface area contributed by atoms with E-state index in [-0.39, 0.29) is 0 Å². The number of hydrogen-bond donors (Lipinski definition) is 0. The minimum absolute atomic E-state index is 0.463. The molecule has 0 aliphatic rings. The minimum atomic E-state index is -0.503. The van der Waals surface area contributed by atoms with Crippen LogP contribution in [0.3, 0.4) is 0 Å². The van der Waals surface area contributed by atoms with Gasteiger partial charge in [-0.05, 0) is 20.9 Å². The van der Waals surface area contributed by atoms with Gasteiger partial charge in [0.05, 0.1) is 0 Å². The average molecular weight is 194 g/mol. The van der Waals surface area contributed by atoms with E-state index in [2.05, 4.69) is 31.1 Å². The summed E-state index contributed by atoms with van der Waals surface area (Å²) in [7, 11) is 0. The molecule has 9 nitrogen and oxygen atoms in total. The van der Waals surface area contributed by atoms with Crippen LogP contribution in [0.4, 0.5) is 4.79 Å². The molecule has 0 amide bonds. The third-order valence-corrected chi connectivity index (χ3v) is 1.58. The summed E-state index contributed by atoms with van der Waals surface area (Å²) in [6, 6.07) is -0.503. The van der Waals surface area contributed by atoms with Crippen LogP contribution < -0.4 is 0 Å². The van der Waals surface area contributed by atoms with Crippen LogP contribution in [0.25, 0.3) is 0 Å². The molecule has 0 spiro atoms. The Hall–Kier alpha value is -2.19. The first-order valence-corrected chi connectivity index (χ1v) is 3.88. The van der Waals surface area contributed by atoms with Gasteiger partial charge in [0.1, 0.15) is 6.33 Å². The summed E-state index contributed by atoms with van der Waals surface area (Å²) in [5, 5.41) is 20.7. The lowest BCUT2D eigenvalue weighted by Crippen LogP contribution is -2.23. The molecule has 0 aliphatic heterocycles. The van der Waals surface area contributed by atoms with E-state index in [1.165, 1.54) is 6.33 Å². The van der Waals surface area contributed by atoms with Gasteiger partial charge in [0, 0.05) is 6.42 Å². The highest BCUT2D eigenvalue weighted by Gasteiger charge is 2.14. The van der Waals surface area contributed by atoms with Crippen LogP contribution in [0.2, 0.25) is 0 Å². The fourth-order valence-corrected chi connectivity index (χ4v) is 0.921. The van der Waals surface area contributed by atoms with E-state index in [1.54, 1.807) is 0 Å². The first-order chi connectivity index (χ1) is 6.83. The summed E-state index contributed by atoms with van der Waals surface area (Å²) < 4.78 is 2.01. The van der Waals surface area contributed by atoms with E-state index in [1.807, 2.05) is 6.92 Å². The largest absolute Gasteiger partial charge is 0.375 e. The highest BCUT2D eigenvalue weighted by Crippen LogP contribution is 1.94. The summed E-state index contributed by atoms with van der Waals surface area (Å²) >= 11 is 0. The number of carbonyl (C=O) groups is 1. The number of rotatable bonds is 1. The Bertz CT molecular complexity index is 430. The summed E-state index contributed by atoms with van der Waals surface area (Å²) in [5.41, 5.74) is 0. The van der Waals surface area contributed by atoms with Crippen molar-refractivity contribution in [2.45, 2.75) is 13.3 Å². The fraction of sp³-hybridized carbons (Fsp3) is 0.400. The van der Waals surface area contributed by atoms with Crippen LogP contribution in [0.5, 0.6) is 0 Å². The highest BCUT2D eigenvalue weighted by atomic mass is 16.2. The van der Waals surface area contributed by atoms with E-state index >= 15 is 0 Å². The molecule has 0 saturated heterocycles. The van der Waals surface area contributed by atoms with Gasteiger partial charge < -0.3 is 0 Å². The molecule has 9 heteroatoms. The lowest BCUT2D eigenvalue weighted by molar-refractivity contribution is 0.236. The van der Waals surface area contributed by atoms with E-state index in [0.29, 0.717) is 12.2 Å². The molecule has 0 saturated carbocycles. The second-order valence-corrected chi connectivity index (χ2v) is 2.40. The van der Waals surface area contributed by atoms with E-state index < -0.39 is 6.03 Å². The molecule has 2 heterocycles. The van der Waals surface area contributed by atoms with Crippen molar-refractivity contribution >= 4 is 6.03 Å². The quantitative estimate of drug-likeness (QED) is 0.521. The van der Waals surface area contributed by atoms with E-state index in [9.17, 15) is 4.79 Å². The molecule has 0 bridgehead atoms. The van der Waals surface area contributed by atoms with Crippen molar-refractivity contribution in [3.8, 4) is 0 Å². The molecule has 0 radical (unpaired) electrons. The molecular formula is C5H6N8O. The van der Waals surface area contributed by atoms with Crippen LogP contribution in [0.1, 0.15) is 12.7 Å². The number of aromatic nitrogens is 8. The number of tetrazole rings is 2. The predicted octanol–water partition coefficient (Wildman–Crippen LogP) is -1.26. The maximum atomic E-state index is 11.6. The zero-order valence-corrected chi connectivity index (χ0v) is 7.27. The molecular weight excluding hydrogens is 188 g/mol. The standard InChI is InChI=1S/C5H6N8O/c1-2-4-7-9-11-13(4)5(14)12-3-6-8-10-12/h3H,2H2,1H3. The highest BCUT2D eigenvalue weighted by molar-refractivity contribution is 5.77. The van der Waals surface area contributed by atoms with Gasteiger partial charge >= 0.3 is 6.03 Å². The minimum Gasteiger partial charge on any atom is -0.243 e. The first kappa shape index (κ1) is 8.41. The molecule has 72 valence electrons. The molecule has 0 unspecified atom stereocenters. The molecule has 0 atom stereocenters. The van der Waals surface area contributed by atoms with Crippen molar-refractivity contribution in [1.82, 2.24) is 40.4 Å². The molecule has 0 aromatic carbocycles. The Morgan fingerprint density at radius 2 is 2.29 bits per heavy atom. The Kier molecular flexibility index (Phi) is 1.97. The maximum absolute atomic E-state index is 11.6. The maximum Gasteiger partial charge on any atom is 0.375 e. The summed E-state index contributed by atoms with van der Waals surface area (Å²) in [5.74, 6) is 0.463. The second-order valence-electron chi connectivity index (χ2n) is 2.40. The van der Waals surface area contributed by atoms with Crippen LogP contribution in [0.15, 0.2) is 6.33 Å². The zero-order valence-electron chi connectivity index (χ0n) is 7.27. The molecule has 0 aliphatic carbocycles. The zero-order chi connectivity index (χ0) is 9.97. The van der Waals surface area contributed by atoms with Gasteiger partial charge in [0.25, 0.3) is 0 Å². The number of aryl methyl sites for hydroxylation is 1. The Morgan fingerprint density at radius 1 is 1.43 bits per heavy atom. The summed E-state index contributed by atoms with van der Waals surface area (Å²) in [6.07, 6.45) is 1.74. The van der Waals surface area contributed by atoms with Crippen LogP contribution >= 0.6 is 0 Å². The Balaban J connectivity index is 2.36. The van der Waals surface area contributed by atoms with Crippen LogP contribution in [0, 0.1) is 0 Å². The Labute approximate surface area is 77.7 Å². The van der Waals surface area contributed by atoms with Gasteiger partial charge in [0.15, 0.2) is 5.82 Å². The van der Waals surface area contributed by atoms with Crippen molar-refractivity contribution < 1.29 is 4.79 Å². The molecule has 2 rings (SSSR count). The first-order valence-electron chi connectivity index (χ1n) is 3.88. The lowest BCUT2D eigenvalue weighted by atomic mass is 10.5. The Morgan fingerprint density at radius 3 is 2.93 bits per heavy atom. The van der Waals surface area contributed by atoms with Crippen molar-refractivity contribution in [2.24, 2.45) is 0 Å². The van der Waals surface area contributed by atoms with Gasteiger partial charge in [-0.25, -0.2) is 4.79 Å². The van der Waals surface area contributed by atoms with E-state index in [4.69, 9.17) is 0 Å². The van der Waals surface area contributed by atoms with Gasteiger partial charge in [0.2, 0.25) is 0 Å². The molecule has 0 fully saturated rings. The smallest absolute Gasteiger partial charge is 0.243 e. The number of nitrogens with zero attached hydrogens (tertiary/aromatic N) is 8. The molecule has 2 aromatic heterocycles. The van der Waals surface area contributed by atoms with Gasteiger partial charge in [-0.2, -0.15) is 0 Å². The third-order valence-electron chi connectivity index (χ3n) is 1.58. The van der Waals surface area contributed by atoms with Crippen LogP contribution in [-0.4, -0.2) is 46.4 Å². The van der Waals surface area contributed by atoms with Gasteiger partial charge in [-0.3, -0.25) is 0 Å². The molecule has 0 N–H and O–H groups in total. The van der Waals surface area contributed by atoms with E-state index in [0.717, 1.165) is 9.36 Å². The SMILES string of the molecule is CCc1nnnn1C(=O)n1cnnn1. The lowest BCUT2D eigenvalue weighted by Gasteiger charge is -1.98. The van der Waals surface area contributed by atoms with Gasteiger partial charge in [-0.1, -0.05) is 6.92 Å². The summed E-state index contributed by atoms with van der Waals surface area (Å²) in [6.45, 7) is 1.84. The monoisotopic (exact) mass is 194 g/mol. The summed E-state index contributed by atoms with van der Waals surface area (Å²) in [4.78, 5) is 11.6. The van der Waals surface area contributed by atoms with Crippen molar-refractivity contribution in [3.63, 3.8) is 0 Å². The third kappa shape index (κ3) is 1.24. The number of hydrogen-bond acceptors (Lipinski definition) is 7. The van der Waals surface area contributed by atoms with Crippen molar-refractivity contribution in [2.75, 3.05) is 0 Å². The topological polar surface area (TPSA) is 104 Å². The van der Waals surface area contributed by atoms with Crippen LogP contribution in [-0.2, 0) is 6.42 Å². The van der Waals surface area contributed by atoms with Gasteiger partial charge in [-0.15, -0.1) is 19.6 Å². The normalized spacial score (nSPS) is 10.4. The predicted molar refractivity (Wildman–Crippen MR) is 41.2 cm³/mol. The molecule has 2 aromatic rings. The molecule has 14 heavy (non-hydrogen) atoms. The fourth-order valence-electron chi connectivity index (χ4n) is 0.921. The van der Waals surface area contributed by atoms with Crippen molar-refractivity contribution in [1.29, 1.82) is 0 Å². The average Bonchev–Trinajstić information content (AvgIpc) is 2.87.